The van der Waals surface area contributed by atoms with Crippen molar-refractivity contribution in [2.45, 2.75) is 38.9 Å². The van der Waals surface area contributed by atoms with Crippen LogP contribution >= 0.6 is 0 Å². The van der Waals surface area contributed by atoms with Crippen molar-refractivity contribution < 1.29 is 9.22 Å². The molecule has 0 fully saturated rings. The number of aldehydes is 1. The van der Waals surface area contributed by atoms with E-state index in [0.717, 1.165) is 6.29 Å². The molecule has 4 heteroatoms. The molecule has 1 aromatic carbocycles. The molecule has 0 atom stereocenters. The van der Waals surface area contributed by atoms with Crippen molar-refractivity contribution in [2.24, 2.45) is 0 Å². The molecule has 110 valence electrons. The zero-order valence-corrected chi connectivity index (χ0v) is 14.3. The van der Waals surface area contributed by atoms with Crippen LogP contribution in [0.4, 0.5) is 0 Å². The summed E-state index contributed by atoms with van der Waals surface area (Å²) in [4.78, 5) is 10.8. The van der Waals surface area contributed by atoms with Gasteiger partial charge < -0.3 is 4.43 Å². The Kier molecular flexibility index (Phi) is 5.49. The Morgan fingerprint density at radius 1 is 1.24 bits per heavy atom. The molecular weight excluding hydrogens is 278 g/mol. The lowest BCUT2D eigenvalue weighted by atomic mass is 10.1. The van der Waals surface area contributed by atoms with Crippen molar-refractivity contribution >= 4 is 14.6 Å². The smallest absolute Gasteiger partial charge is 0.193 e. The van der Waals surface area contributed by atoms with Crippen LogP contribution in [0.1, 0.15) is 42.3 Å². The average Bonchev–Trinajstić information content (AvgIpc) is 2.42. The molecule has 0 unspecified atom stereocenters. The topological polar surface area (TPSA) is 50.1 Å². The van der Waals surface area contributed by atoms with Crippen molar-refractivity contribution in [1.82, 2.24) is 0 Å². The summed E-state index contributed by atoms with van der Waals surface area (Å²) in [5, 5.41) is 9.07. The summed E-state index contributed by atoms with van der Waals surface area (Å²) >= 11 is 0. The van der Waals surface area contributed by atoms with Gasteiger partial charge in [-0.15, -0.1) is 0 Å². The van der Waals surface area contributed by atoms with E-state index in [4.69, 9.17) is 9.69 Å². The minimum atomic E-state index is -1.79. The van der Waals surface area contributed by atoms with E-state index in [9.17, 15) is 4.79 Å². The van der Waals surface area contributed by atoms with Gasteiger partial charge in [0.1, 0.15) is 6.29 Å². The van der Waals surface area contributed by atoms with E-state index in [1.807, 2.05) is 6.07 Å². The normalized spacial score (nSPS) is 11.2. The molecule has 0 aromatic heterocycles. The van der Waals surface area contributed by atoms with E-state index in [-0.39, 0.29) is 5.04 Å². The molecular formula is C17H21NO2Si. The van der Waals surface area contributed by atoms with Gasteiger partial charge in [0.05, 0.1) is 18.2 Å². The Morgan fingerprint density at radius 3 is 2.38 bits per heavy atom. The van der Waals surface area contributed by atoms with Gasteiger partial charge in [-0.1, -0.05) is 32.6 Å². The fourth-order valence-electron chi connectivity index (χ4n) is 1.43. The van der Waals surface area contributed by atoms with E-state index in [1.165, 1.54) is 0 Å². The standard InChI is InChI=1S/C17H21NO2Si/c1-17(2,3)21(4,5)20-8-6-7-14-9-15(12-18)11-16(10-14)13-19/h9-11,13H,8H2,1-5H3. The summed E-state index contributed by atoms with van der Waals surface area (Å²) in [5.74, 6) is 5.93. The van der Waals surface area contributed by atoms with Crippen molar-refractivity contribution in [3.63, 3.8) is 0 Å². The van der Waals surface area contributed by atoms with Gasteiger partial charge in [-0.25, -0.2) is 0 Å². The Balaban J connectivity index is 2.81. The molecule has 0 amide bonds. The van der Waals surface area contributed by atoms with Gasteiger partial charge in [0.25, 0.3) is 0 Å². The number of nitriles is 1. The molecule has 0 heterocycles. The van der Waals surface area contributed by atoms with Crippen LogP contribution in [0.15, 0.2) is 18.2 Å². The number of nitrogens with zero attached hydrogens (tertiary/aromatic N) is 1. The fraction of sp³-hybridized carbons (Fsp3) is 0.412. The summed E-state index contributed by atoms with van der Waals surface area (Å²) < 4.78 is 5.96. The highest BCUT2D eigenvalue weighted by molar-refractivity contribution is 6.74. The van der Waals surface area contributed by atoms with E-state index in [0.29, 0.717) is 23.3 Å². The second-order valence-electron chi connectivity index (χ2n) is 6.42. The first-order chi connectivity index (χ1) is 9.69. The van der Waals surface area contributed by atoms with Gasteiger partial charge in [0.2, 0.25) is 0 Å². The quantitative estimate of drug-likeness (QED) is 0.485. The summed E-state index contributed by atoms with van der Waals surface area (Å²) in [7, 11) is -1.79. The van der Waals surface area contributed by atoms with Crippen molar-refractivity contribution in [3.05, 3.63) is 34.9 Å². The molecule has 0 N–H and O–H groups in total. The monoisotopic (exact) mass is 299 g/mol. The Bertz CT molecular complexity index is 625. The third kappa shape index (κ3) is 4.86. The SMILES string of the molecule is CC(C)(C)[Si](C)(C)OCC#Cc1cc(C#N)cc(C=O)c1. The lowest BCUT2D eigenvalue weighted by Crippen LogP contribution is -2.40. The van der Waals surface area contributed by atoms with Gasteiger partial charge >= 0.3 is 0 Å². The summed E-state index contributed by atoms with van der Waals surface area (Å²) in [5.41, 5.74) is 1.56. The summed E-state index contributed by atoms with van der Waals surface area (Å²) in [6, 6.07) is 6.92. The molecule has 0 spiro atoms. The maximum Gasteiger partial charge on any atom is 0.193 e. The van der Waals surface area contributed by atoms with Gasteiger partial charge in [-0.3, -0.25) is 4.79 Å². The van der Waals surface area contributed by atoms with Crippen molar-refractivity contribution in [3.8, 4) is 17.9 Å². The predicted molar refractivity (Wildman–Crippen MR) is 86.6 cm³/mol. The molecule has 3 nitrogen and oxygen atoms in total. The molecule has 0 saturated carbocycles. The third-order valence-electron chi connectivity index (χ3n) is 3.76. The number of hydrogen-bond acceptors (Lipinski definition) is 3. The van der Waals surface area contributed by atoms with Gasteiger partial charge in [-0.2, -0.15) is 5.26 Å². The van der Waals surface area contributed by atoms with Crippen molar-refractivity contribution in [2.75, 3.05) is 6.61 Å². The van der Waals surface area contributed by atoms with Crippen LogP contribution < -0.4 is 0 Å². The molecule has 0 radical (unpaired) electrons. The average molecular weight is 299 g/mol. The zero-order valence-electron chi connectivity index (χ0n) is 13.3. The highest BCUT2D eigenvalue weighted by atomic mass is 28.4. The first kappa shape index (κ1) is 17.2. The first-order valence-electron chi connectivity index (χ1n) is 6.83. The lowest BCUT2D eigenvalue weighted by molar-refractivity contribution is 0.112. The largest absolute Gasteiger partial charge is 0.406 e. The minimum absolute atomic E-state index is 0.153. The van der Waals surface area contributed by atoms with Crippen LogP contribution in [-0.4, -0.2) is 21.2 Å². The first-order valence-corrected chi connectivity index (χ1v) is 9.73. The van der Waals surface area contributed by atoms with Crippen LogP contribution in [0, 0.1) is 23.2 Å². The maximum atomic E-state index is 10.8. The summed E-state index contributed by atoms with van der Waals surface area (Å²) in [6.45, 7) is 11.3. The molecule has 0 aliphatic rings. The Labute approximate surface area is 128 Å². The van der Waals surface area contributed by atoms with Crippen LogP contribution in [0.5, 0.6) is 0 Å². The molecule has 0 bridgehead atoms. The minimum Gasteiger partial charge on any atom is -0.406 e. The second-order valence-corrected chi connectivity index (χ2v) is 11.2. The van der Waals surface area contributed by atoms with Crippen LogP contribution in [0.2, 0.25) is 18.1 Å². The molecule has 21 heavy (non-hydrogen) atoms. The van der Waals surface area contributed by atoms with E-state index in [2.05, 4.69) is 45.7 Å². The van der Waals surface area contributed by atoms with Crippen molar-refractivity contribution in [1.29, 1.82) is 5.26 Å². The number of hydrogen-bond donors (Lipinski definition) is 0. The number of carbonyl (C=O) groups is 1. The second kappa shape index (κ2) is 6.71. The lowest BCUT2D eigenvalue weighted by Gasteiger charge is -2.35. The zero-order chi connectivity index (χ0) is 16.1. The van der Waals surface area contributed by atoms with Crippen LogP contribution in [0.3, 0.4) is 0 Å². The number of rotatable bonds is 3. The summed E-state index contributed by atoms with van der Waals surface area (Å²) in [6.07, 6.45) is 0.720. The maximum absolute atomic E-state index is 10.8. The highest BCUT2D eigenvalue weighted by Crippen LogP contribution is 2.36. The molecule has 1 rings (SSSR count). The van der Waals surface area contributed by atoms with Crippen LogP contribution in [0.25, 0.3) is 0 Å². The fourth-order valence-corrected chi connectivity index (χ4v) is 2.29. The molecule has 0 saturated heterocycles. The number of benzene rings is 1. The van der Waals surface area contributed by atoms with Crippen LogP contribution in [-0.2, 0) is 4.43 Å². The number of carbonyl (C=O) groups excluding carboxylic acids is 1. The van der Waals surface area contributed by atoms with E-state index < -0.39 is 8.32 Å². The molecule has 0 aliphatic carbocycles. The molecule has 1 aromatic rings. The predicted octanol–water partition coefficient (Wildman–Crippen LogP) is 3.74. The van der Waals surface area contributed by atoms with E-state index >= 15 is 0 Å². The van der Waals surface area contributed by atoms with Gasteiger partial charge in [0.15, 0.2) is 8.32 Å². The van der Waals surface area contributed by atoms with E-state index in [1.54, 1.807) is 18.2 Å². The van der Waals surface area contributed by atoms with Gasteiger partial charge in [0, 0.05) is 11.1 Å². The highest BCUT2D eigenvalue weighted by Gasteiger charge is 2.36. The Morgan fingerprint density at radius 2 is 1.86 bits per heavy atom. The van der Waals surface area contributed by atoms with Gasteiger partial charge in [-0.05, 0) is 36.3 Å². The molecule has 0 aliphatic heterocycles. The third-order valence-corrected chi connectivity index (χ3v) is 8.24. The Hall–Kier alpha value is -1.88.